The first-order valence-corrected chi connectivity index (χ1v) is 13.7. The van der Waals surface area contributed by atoms with Gasteiger partial charge in [0, 0.05) is 37.3 Å². The lowest BCUT2D eigenvalue weighted by atomic mass is 9.96. The van der Waals surface area contributed by atoms with Gasteiger partial charge in [-0.3, -0.25) is 9.59 Å². The predicted octanol–water partition coefficient (Wildman–Crippen LogP) is 7.09. The first-order valence-electron chi connectivity index (χ1n) is 13.7. The summed E-state index contributed by atoms with van der Waals surface area (Å²) in [5, 5.41) is 0. The largest absolute Gasteiger partial charge is 0.435 e. The number of nitrogens with zero attached hydrogens (tertiary/aromatic N) is 2. The summed E-state index contributed by atoms with van der Waals surface area (Å²) in [6.07, 6.45) is 9.63. The third-order valence-corrected chi connectivity index (χ3v) is 6.91. The van der Waals surface area contributed by atoms with Crippen LogP contribution in [0.4, 0.5) is 8.78 Å². The van der Waals surface area contributed by atoms with E-state index in [-0.39, 0.29) is 17.6 Å². The van der Waals surface area contributed by atoms with Crippen molar-refractivity contribution in [3.05, 3.63) is 64.7 Å². The van der Waals surface area contributed by atoms with Crippen LogP contribution in [0.25, 0.3) is 0 Å². The van der Waals surface area contributed by atoms with Gasteiger partial charge in [-0.2, -0.15) is 8.78 Å². The molecule has 202 valence electrons. The van der Waals surface area contributed by atoms with Gasteiger partial charge in [0.2, 0.25) is 0 Å². The van der Waals surface area contributed by atoms with Gasteiger partial charge in [0.1, 0.15) is 5.75 Å². The van der Waals surface area contributed by atoms with Crippen LogP contribution in [0.3, 0.4) is 0 Å². The highest BCUT2D eigenvalue weighted by molar-refractivity contribution is 5.96. The van der Waals surface area contributed by atoms with E-state index in [1.807, 2.05) is 23.1 Å². The van der Waals surface area contributed by atoms with Gasteiger partial charge in [0.25, 0.3) is 11.8 Å². The fourth-order valence-electron chi connectivity index (χ4n) is 4.81. The van der Waals surface area contributed by atoms with Gasteiger partial charge in [0.15, 0.2) is 0 Å². The molecule has 1 aliphatic rings. The van der Waals surface area contributed by atoms with Crippen LogP contribution < -0.4 is 4.74 Å². The topological polar surface area (TPSA) is 49.9 Å². The number of alkyl halides is 2. The van der Waals surface area contributed by atoms with E-state index in [0.29, 0.717) is 30.6 Å². The molecule has 2 aromatic rings. The Hall–Kier alpha value is -2.96. The molecular formula is C30H40F2N2O3. The number of unbranched alkanes of at least 4 members (excludes halogenated alkanes) is 6. The van der Waals surface area contributed by atoms with Gasteiger partial charge < -0.3 is 14.5 Å². The molecule has 0 N–H and O–H groups in total. The van der Waals surface area contributed by atoms with E-state index in [4.69, 9.17) is 0 Å². The molecule has 2 amide bonds. The molecule has 5 nitrogen and oxygen atoms in total. The average Bonchev–Trinajstić information content (AvgIpc) is 2.90. The van der Waals surface area contributed by atoms with E-state index >= 15 is 0 Å². The Balaban J connectivity index is 1.71. The van der Waals surface area contributed by atoms with E-state index in [9.17, 15) is 18.4 Å². The van der Waals surface area contributed by atoms with Crippen LogP contribution in [0.5, 0.6) is 5.75 Å². The molecule has 1 heterocycles. The summed E-state index contributed by atoms with van der Waals surface area (Å²) in [6, 6.07) is 11.7. The number of rotatable bonds is 14. The molecule has 0 saturated carbocycles. The smallest absolute Gasteiger partial charge is 0.387 e. The van der Waals surface area contributed by atoms with Crippen LogP contribution in [0, 0.1) is 0 Å². The highest BCUT2D eigenvalue weighted by Crippen LogP contribution is 2.24. The van der Waals surface area contributed by atoms with Crippen molar-refractivity contribution in [3.8, 4) is 5.75 Å². The number of halogens is 2. The van der Waals surface area contributed by atoms with Crippen LogP contribution in [-0.4, -0.2) is 47.9 Å². The van der Waals surface area contributed by atoms with Crippen molar-refractivity contribution in [2.75, 3.05) is 19.6 Å². The Kier molecular flexibility index (Phi) is 11.4. The number of ether oxygens (including phenoxy) is 1. The molecule has 0 aliphatic carbocycles. The molecule has 2 aromatic carbocycles. The molecule has 0 bridgehead atoms. The second-order valence-corrected chi connectivity index (χ2v) is 9.78. The number of benzene rings is 2. The molecule has 0 fully saturated rings. The molecule has 1 aliphatic heterocycles. The SMILES string of the molecule is CCCCCCN(CCCCCC)C(=O)c1ccc2c(c1)CN(C(=O)c1cccc(OC(F)F)c1)CC2. The quantitative estimate of drug-likeness (QED) is 0.253. The highest BCUT2D eigenvalue weighted by Gasteiger charge is 2.24. The number of amides is 2. The third kappa shape index (κ3) is 8.54. The summed E-state index contributed by atoms with van der Waals surface area (Å²) in [4.78, 5) is 30.3. The van der Waals surface area contributed by atoms with Crippen LogP contribution in [0.15, 0.2) is 42.5 Å². The maximum absolute atomic E-state index is 13.5. The van der Waals surface area contributed by atoms with Crippen LogP contribution in [0.1, 0.15) is 97.1 Å². The van der Waals surface area contributed by atoms with Crippen molar-refractivity contribution in [2.45, 2.75) is 84.8 Å². The summed E-state index contributed by atoms with van der Waals surface area (Å²) in [7, 11) is 0. The van der Waals surface area contributed by atoms with Gasteiger partial charge in [-0.1, -0.05) is 64.5 Å². The predicted molar refractivity (Wildman–Crippen MR) is 142 cm³/mol. The number of hydrogen-bond acceptors (Lipinski definition) is 3. The van der Waals surface area contributed by atoms with Gasteiger partial charge >= 0.3 is 6.61 Å². The van der Waals surface area contributed by atoms with Gasteiger partial charge in [-0.05, 0) is 60.7 Å². The molecule has 0 spiro atoms. The van der Waals surface area contributed by atoms with Crippen molar-refractivity contribution < 1.29 is 23.1 Å². The highest BCUT2D eigenvalue weighted by atomic mass is 19.3. The number of carbonyl (C=O) groups is 2. The summed E-state index contributed by atoms with van der Waals surface area (Å²) >= 11 is 0. The minimum absolute atomic E-state index is 0.0379. The Morgan fingerprint density at radius 2 is 1.59 bits per heavy atom. The normalized spacial score (nSPS) is 12.9. The number of carbonyl (C=O) groups excluding carboxylic acids is 2. The summed E-state index contributed by atoms with van der Waals surface area (Å²) < 4.78 is 29.6. The van der Waals surface area contributed by atoms with Gasteiger partial charge in [-0.15, -0.1) is 0 Å². The van der Waals surface area contributed by atoms with E-state index in [1.54, 1.807) is 11.0 Å². The van der Waals surface area contributed by atoms with Crippen molar-refractivity contribution in [3.63, 3.8) is 0 Å². The Bertz CT molecular complexity index is 1020. The average molecular weight is 515 g/mol. The number of hydrogen-bond donors (Lipinski definition) is 0. The first-order chi connectivity index (χ1) is 17.9. The molecule has 0 saturated heterocycles. The van der Waals surface area contributed by atoms with Crippen LogP contribution in [0.2, 0.25) is 0 Å². The Morgan fingerprint density at radius 3 is 2.24 bits per heavy atom. The lowest BCUT2D eigenvalue weighted by Gasteiger charge is -2.30. The maximum atomic E-state index is 13.5. The molecule has 37 heavy (non-hydrogen) atoms. The zero-order valence-electron chi connectivity index (χ0n) is 22.2. The summed E-state index contributed by atoms with van der Waals surface area (Å²) in [5.41, 5.74) is 3.06. The van der Waals surface area contributed by atoms with E-state index in [2.05, 4.69) is 18.6 Å². The fraction of sp³-hybridized carbons (Fsp3) is 0.533. The molecule has 0 atom stereocenters. The zero-order valence-corrected chi connectivity index (χ0v) is 22.2. The lowest BCUT2D eigenvalue weighted by molar-refractivity contribution is -0.0499. The molecule has 3 rings (SSSR count). The second kappa shape index (κ2) is 14.7. The van der Waals surface area contributed by atoms with Crippen molar-refractivity contribution in [1.82, 2.24) is 9.80 Å². The van der Waals surface area contributed by atoms with Crippen molar-refractivity contribution in [2.24, 2.45) is 0 Å². The fourth-order valence-corrected chi connectivity index (χ4v) is 4.81. The van der Waals surface area contributed by atoms with Crippen LogP contribution >= 0.6 is 0 Å². The first kappa shape index (κ1) is 28.6. The van der Waals surface area contributed by atoms with Crippen LogP contribution in [-0.2, 0) is 13.0 Å². The molecule has 0 radical (unpaired) electrons. The van der Waals surface area contributed by atoms with Gasteiger partial charge in [0.05, 0.1) is 0 Å². The minimum Gasteiger partial charge on any atom is -0.435 e. The van der Waals surface area contributed by atoms with E-state index in [0.717, 1.165) is 62.7 Å². The standard InChI is InChI=1S/C30H40F2N2O3/c1-3-5-7-9-17-33(18-10-8-6-4-2)28(35)25-15-14-23-16-19-34(22-26(23)20-25)29(36)24-12-11-13-27(21-24)37-30(31)32/h11-15,20-21,30H,3-10,16-19,22H2,1-2H3. The van der Waals surface area contributed by atoms with Gasteiger partial charge in [-0.25, -0.2) is 0 Å². The summed E-state index contributed by atoms with van der Waals surface area (Å²) in [5.74, 6) is -0.226. The Labute approximate surface area is 219 Å². The molecule has 0 aromatic heterocycles. The Morgan fingerprint density at radius 1 is 0.892 bits per heavy atom. The zero-order chi connectivity index (χ0) is 26.6. The maximum Gasteiger partial charge on any atom is 0.387 e. The third-order valence-electron chi connectivity index (χ3n) is 6.91. The molecule has 7 heteroatoms. The van der Waals surface area contributed by atoms with Crippen molar-refractivity contribution in [1.29, 1.82) is 0 Å². The molecular weight excluding hydrogens is 474 g/mol. The van der Waals surface area contributed by atoms with E-state index in [1.165, 1.54) is 31.0 Å². The monoisotopic (exact) mass is 514 g/mol. The van der Waals surface area contributed by atoms with Crippen molar-refractivity contribution >= 4 is 11.8 Å². The summed E-state index contributed by atoms with van der Waals surface area (Å²) in [6.45, 7) is 3.86. The lowest BCUT2D eigenvalue weighted by Crippen LogP contribution is -2.36. The second-order valence-electron chi connectivity index (χ2n) is 9.78. The van der Waals surface area contributed by atoms with E-state index < -0.39 is 6.61 Å². The number of fused-ring (bicyclic) bond motifs is 1. The minimum atomic E-state index is -2.94. The molecule has 0 unspecified atom stereocenters.